The highest BCUT2D eigenvalue weighted by molar-refractivity contribution is 6.30. The Morgan fingerprint density at radius 3 is 2.52 bits per heavy atom. The number of carbonyl (C=O) groups is 1. The van der Waals surface area contributed by atoms with E-state index in [1.165, 1.54) is 0 Å². The molecule has 2 aromatic carbocycles. The Hall–Kier alpha value is -2.40. The fraction of sp³-hybridized carbons (Fsp3) is 0.235. The lowest BCUT2D eigenvalue weighted by Crippen LogP contribution is -2.31. The Balaban J connectivity index is 1.63. The molecule has 0 radical (unpaired) electrons. The number of hydrogen-bond donors (Lipinski definition) is 2. The van der Waals surface area contributed by atoms with Crippen LogP contribution in [0.2, 0.25) is 5.02 Å². The molecule has 0 spiro atoms. The van der Waals surface area contributed by atoms with Crippen LogP contribution in [0.1, 0.15) is 18.5 Å². The van der Waals surface area contributed by atoms with Crippen LogP contribution in [0.25, 0.3) is 0 Å². The molecule has 2 aromatic rings. The molecule has 0 aromatic heterocycles. The van der Waals surface area contributed by atoms with Crippen LogP contribution in [0.5, 0.6) is 11.5 Å². The summed E-state index contributed by atoms with van der Waals surface area (Å²) < 4.78 is 11.1. The van der Waals surface area contributed by atoms with Crippen molar-refractivity contribution in [1.29, 1.82) is 0 Å². The maximum atomic E-state index is 12.1. The van der Waals surface area contributed by atoms with Crippen LogP contribution >= 0.6 is 11.6 Å². The molecule has 2 amide bonds. The van der Waals surface area contributed by atoms with E-state index in [4.69, 9.17) is 21.1 Å². The second-order valence-electron chi connectivity index (χ2n) is 5.23. The van der Waals surface area contributed by atoms with Crippen molar-refractivity contribution < 1.29 is 14.3 Å². The minimum atomic E-state index is -0.283. The molecule has 0 aliphatic carbocycles. The summed E-state index contributed by atoms with van der Waals surface area (Å²) >= 11 is 5.82. The van der Waals surface area contributed by atoms with Crippen LogP contribution in [0.3, 0.4) is 0 Å². The molecule has 1 heterocycles. The zero-order valence-electron chi connectivity index (χ0n) is 12.6. The first-order valence-corrected chi connectivity index (χ1v) is 7.72. The molecule has 0 saturated carbocycles. The molecular formula is C17H17ClN2O3. The number of fused-ring (bicyclic) bond motifs is 1. The maximum absolute atomic E-state index is 12.1. The topological polar surface area (TPSA) is 59.6 Å². The fourth-order valence-corrected chi connectivity index (χ4v) is 2.44. The van der Waals surface area contributed by atoms with E-state index in [9.17, 15) is 4.79 Å². The zero-order chi connectivity index (χ0) is 16.2. The highest BCUT2D eigenvalue weighted by atomic mass is 35.5. The average Bonchev–Trinajstić information content (AvgIpc) is 2.56. The van der Waals surface area contributed by atoms with E-state index >= 15 is 0 Å². The Kier molecular flexibility index (Phi) is 4.57. The highest BCUT2D eigenvalue weighted by Gasteiger charge is 2.15. The van der Waals surface area contributed by atoms with Gasteiger partial charge in [0.2, 0.25) is 0 Å². The summed E-state index contributed by atoms with van der Waals surface area (Å²) in [5, 5.41) is 6.28. The van der Waals surface area contributed by atoms with Crippen molar-refractivity contribution in [1.82, 2.24) is 5.32 Å². The third-order valence-electron chi connectivity index (χ3n) is 3.52. The summed E-state index contributed by atoms with van der Waals surface area (Å²) in [6, 6.07) is 12.2. The van der Waals surface area contributed by atoms with E-state index in [2.05, 4.69) is 10.6 Å². The first kappa shape index (κ1) is 15.5. The van der Waals surface area contributed by atoms with Crippen LogP contribution in [0.4, 0.5) is 10.5 Å². The number of rotatable bonds is 3. The van der Waals surface area contributed by atoms with E-state index in [0.717, 1.165) is 11.3 Å². The number of carbonyl (C=O) groups excluding carboxylic acids is 1. The van der Waals surface area contributed by atoms with Crippen molar-refractivity contribution in [3.05, 3.63) is 53.1 Å². The SMILES string of the molecule is CC(NC(=O)Nc1ccc(Cl)cc1)c1ccc2c(c1)OCCO2. The van der Waals surface area contributed by atoms with E-state index in [1.54, 1.807) is 24.3 Å². The highest BCUT2D eigenvalue weighted by Crippen LogP contribution is 2.32. The van der Waals surface area contributed by atoms with Crippen molar-refractivity contribution >= 4 is 23.3 Å². The Morgan fingerprint density at radius 1 is 1.09 bits per heavy atom. The summed E-state index contributed by atoms with van der Waals surface area (Å²) in [5.74, 6) is 1.44. The van der Waals surface area contributed by atoms with Gasteiger partial charge in [-0.15, -0.1) is 0 Å². The largest absolute Gasteiger partial charge is 0.486 e. The number of ether oxygens (including phenoxy) is 2. The molecule has 0 fully saturated rings. The third-order valence-corrected chi connectivity index (χ3v) is 3.77. The predicted octanol–water partition coefficient (Wildman–Crippen LogP) is 3.99. The minimum absolute atomic E-state index is 0.168. The summed E-state index contributed by atoms with van der Waals surface area (Å²) in [6.07, 6.45) is 0. The summed E-state index contributed by atoms with van der Waals surface area (Å²) in [4.78, 5) is 12.1. The number of benzene rings is 2. The van der Waals surface area contributed by atoms with Gasteiger partial charge in [-0.25, -0.2) is 4.79 Å². The van der Waals surface area contributed by atoms with Crippen LogP contribution in [-0.4, -0.2) is 19.2 Å². The van der Waals surface area contributed by atoms with Gasteiger partial charge in [-0.2, -0.15) is 0 Å². The van der Waals surface area contributed by atoms with Gasteiger partial charge in [0.05, 0.1) is 6.04 Å². The number of hydrogen-bond acceptors (Lipinski definition) is 3. The number of nitrogens with one attached hydrogen (secondary N) is 2. The first-order valence-electron chi connectivity index (χ1n) is 7.34. The normalized spacial score (nSPS) is 14.0. The lowest BCUT2D eigenvalue weighted by molar-refractivity contribution is 0.171. The van der Waals surface area contributed by atoms with Gasteiger partial charge < -0.3 is 20.1 Å². The van der Waals surface area contributed by atoms with Gasteiger partial charge in [0.25, 0.3) is 0 Å². The van der Waals surface area contributed by atoms with Crippen molar-refractivity contribution in [3.63, 3.8) is 0 Å². The van der Waals surface area contributed by atoms with Crippen LogP contribution in [-0.2, 0) is 0 Å². The molecule has 1 unspecified atom stereocenters. The number of amides is 2. The molecule has 2 N–H and O–H groups in total. The Bertz CT molecular complexity index is 703. The summed E-state index contributed by atoms with van der Waals surface area (Å²) in [5.41, 5.74) is 1.63. The Labute approximate surface area is 139 Å². The quantitative estimate of drug-likeness (QED) is 0.893. The second kappa shape index (κ2) is 6.79. The van der Waals surface area contributed by atoms with Gasteiger partial charge in [-0.05, 0) is 48.9 Å². The van der Waals surface area contributed by atoms with Gasteiger partial charge >= 0.3 is 6.03 Å². The molecule has 120 valence electrons. The maximum Gasteiger partial charge on any atom is 0.319 e. The Morgan fingerprint density at radius 2 is 1.78 bits per heavy atom. The number of anilines is 1. The van der Waals surface area contributed by atoms with Gasteiger partial charge in [-0.3, -0.25) is 0 Å². The molecule has 6 heteroatoms. The van der Waals surface area contributed by atoms with E-state index < -0.39 is 0 Å². The molecule has 1 aliphatic rings. The molecule has 1 atom stereocenters. The van der Waals surface area contributed by atoms with Crippen LogP contribution in [0.15, 0.2) is 42.5 Å². The minimum Gasteiger partial charge on any atom is -0.486 e. The lowest BCUT2D eigenvalue weighted by atomic mass is 10.1. The molecule has 0 bridgehead atoms. The summed E-state index contributed by atoms with van der Waals surface area (Å²) in [6.45, 7) is 3.01. The number of halogens is 1. The van der Waals surface area contributed by atoms with Crippen LogP contribution in [0, 0.1) is 0 Å². The van der Waals surface area contributed by atoms with Gasteiger partial charge in [0.15, 0.2) is 11.5 Å². The van der Waals surface area contributed by atoms with E-state index in [1.807, 2.05) is 25.1 Å². The molecule has 0 saturated heterocycles. The van der Waals surface area contributed by atoms with Gasteiger partial charge in [0.1, 0.15) is 13.2 Å². The van der Waals surface area contributed by atoms with Crippen molar-refractivity contribution in [2.75, 3.05) is 18.5 Å². The molecular weight excluding hydrogens is 316 g/mol. The molecule has 1 aliphatic heterocycles. The number of urea groups is 1. The molecule has 5 nitrogen and oxygen atoms in total. The fourth-order valence-electron chi connectivity index (χ4n) is 2.31. The monoisotopic (exact) mass is 332 g/mol. The smallest absolute Gasteiger partial charge is 0.319 e. The standard InChI is InChI=1S/C17H17ClN2O3/c1-11(12-2-7-15-16(10-12)23-9-8-22-15)19-17(21)20-14-5-3-13(18)4-6-14/h2-7,10-11H,8-9H2,1H3,(H2,19,20,21). The predicted molar refractivity (Wildman–Crippen MR) is 89.5 cm³/mol. The van der Waals surface area contributed by atoms with Crippen molar-refractivity contribution in [3.8, 4) is 11.5 Å². The van der Waals surface area contributed by atoms with E-state index in [0.29, 0.717) is 29.7 Å². The van der Waals surface area contributed by atoms with Crippen LogP contribution < -0.4 is 20.1 Å². The van der Waals surface area contributed by atoms with Gasteiger partial charge in [0, 0.05) is 10.7 Å². The molecule has 23 heavy (non-hydrogen) atoms. The summed E-state index contributed by atoms with van der Waals surface area (Å²) in [7, 11) is 0. The first-order chi connectivity index (χ1) is 11.1. The third kappa shape index (κ3) is 3.87. The van der Waals surface area contributed by atoms with Crippen molar-refractivity contribution in [2.24, 2.45) is 0 Å². The molecule has 3 rings (SSSR count). The van der Waals surface area contributed by atoms with Gasteiger partial charge in [-0.1, -0.05) is 17.7 Å². The second-order valence-corrected chi connectivity index (χ2v) is 5.67. The van der Waals surface area contributed by atoms with Crippen molar-refractivity contribution in [2.45, 2.75) is 13.0 Å². The zero-order valence-corrected chi connectivity index (χ0v) is 13.4. The lowest BCUT2D eigenvalue weighted by Gasteiger charge is -2.21. The van der Waals surface area contributed by atoms with E-state index in [-0.39, 0.29) is 12.1 Å². The average molecular weight is 333 g/mol.